The van der Waals surface area contributed by atoms with Gasteiger partial charge in [-0.3, -0.25) is 0 Å². The Labute approximate surface area is 151 Å². The number of nitrogens with one attached hydrogen (secondary N) is 1. The maximum absolute atomic E-state index is 12.2. The summed E-state index contributed by atoms with van der Waals surface area (Å²) in [7, 11) is 0. The molecule has 6 nitrogen and oxygen atoms in total. The van der Waals surface area contributed by atoms with Crippen molar-refractivity contribution in [3.8, 4) is 11.3 Å². The SMILES string of the molecule is O=C([O-])c1ccc(Nc2nc(-c3cc4ccccc4oc3=O)cs2)cc1. The number of aromatic carboxylic acids is 1. The van der Waals surface area contributed by atoms with Crippen molar-refractivity contribution in [1.29, 1.82) is 0 Å². The average molecular weight is 363 g/mol. The molecular weight excluding hydrogens is 352 g/mol. The van der Waals surface area contributed by atoms with E-state index in [-0.39, 0.29) is 5.56 Å². The predicted octanol–water partition coefficient (Wildman–Crippen LogP) is 3.02. The van der Waals surface area contributed by atoms with E-state index in [0.29, 0.717) is 27.7 Å². The smallest absolute Gasteiger partial charge is 0.345 e. The number of aromatic nitrogens is 1. The second-order valence-electron chi connectivity index (χ2n) is 5.51. The third-order valence-electron chi connectivity index (χ3n) is 3.79. The molecule has 0 spiro atoms. The third-order valence-corrected chi connectivity index (χ3v) is 4.55. The molecule has 26 heavy (non-hydrogen) atoms. The number of rotatable bonds is 4. The molecule has 0 radical (unpaired) electrons. The van der Waals surface area contributed by atoms with E-state index < -0.39 is 11.6 Å². The Hall–Kier alpha value is -3.45. The van der Waals surface area contributed by atoms with Crippen molar-refractivity contribution in [1.82, 2.24) is 4.98 Å². The number of carbonyl (C=O) groups is 1. The summed E-state index contributed by atoms with van der Waals surface area (Å²) in [5.41, 5.74) is 1.77. The van der Waals surface area contributed by atoms with Gasteiger partial charge in [-0.05, 0) is 29.8 Å². The average Bonchev–Trinajstić information content (AvgIpc) is 3.10. The van der Waals surface area contributed by atoms with Crippen LogP contribution < -0.4 is 16.0 Å². The van der Waals surface area contributed by atoms with Gasteiger partial charge in [0.25, 0.3) is 0 Å². The molecule has 0 aliphatic heterocycles. The van der Waals surface area contributed by atoms with Crippen LogP contribution in [-0.2, 0) is 0 Å². The first-order chi connectivity index (χ1) is 12.6. The fourth-order valence-electron chi connectivity index (χ4n) is 2.51. The summed E-state index contributed by atoms with van der Waals surface area (Å²) in [6.07, 6.45) is 0. The van der Waals surface area contributed by atoms with E-state index in [9.17, 15) is 14.7 Å². The van der Waals surface area contributed by atoms with E-state index >= 15 is 0 Å². The first-order valence-electron chi connectivity index (χ1n) is 7.67. The molecule has 0 fully saturated rings. The van der Waals surface area contributed by atoms with E-state index in [1.807, 2.05) is 18.2 Å². The van der Waals surface area contributed by atoms with Gasteiger partial charge in [0.1, 0.15) is 5.58 Å². The molecule has 0 aliphatic rings. The molecule has 2 heterocycles. The number of nitrogens with zero attached hydrogens (tertiary/aromatic N) is 1. The van der Waals surface area contributed by atoms with E-state index in [0.717, 1.165) is 5.39 Å². The van der Waals surface area contributed by atoms with E-state index in [1.165, 1.54) is 23.5 Å². The van der Waals surface area contributed by atoms with E-state index in [1.54, 1.807) is 29.6 Å². The number of hydrogen-bond acceptors (Lipinski definition) is 7. The summed E-state index contributed by atoms with van der Waals surface area (Å²) < 4.78 is 5.34. The number of carbonyl (C=O) groups excluding carboxylic acids is 1. The van der Waals surface area contributed by atoms with E-state index in [4.69, 9.17) is 4.42 Å². The van der Waals surface area contributed by atoms with Gasteiger partial charge >= 0.3 is 5.63 Å². The Morgan fingerprint density at radius 2 is 1.88 bits per heavy atom. The van der Waals surface area contributed by atoms with Crippen LogP contribution in [0.5, 0.6) is 0 Å². The molecule has 2 aromatic heterocycles. The number of benzene rings is 2. The number of fused-ring (bicyclic) bond motifs is 1. The number of anilines is 2. The summed E-state index contributed by atoms with van der Waals surface area (Å²) in [4.78, 5) is 27.4. The molecular formula is C19H11N2O4S-. The summed E-state index contributed by atoms with van der Waals surface area (Å²) >= 11 is 1.33. The van der Waals surface area contributed by atoms with Crippen LogP contribution in [0.2, 0.25) is 0 Å². The lowest BCUT2D eigenvalue weighted by molar-refractivity contribution is -0.255. The number of carboxylic acids is 1. The van der Waals surface area contributed by atoms with Crippen molar-refractivity contribution < 1.29 is 14.3 Å². The fourth-order valence-corrected chi connectivity index (χ4v) is 3.24. The Morgan fingerprint density at radius 1 is 1.12 bits per heavy atom. The van der Waals surface area contributed by atoms with Gasteiger partial charge < -0.3 is 19.6 Å². The molecule has 0 saturated carbocycles. The highest BCUT2D eigenvalue weighted by Gasteiger charge is 2.11. The number of carboxylic acid groups (broad SMARTS) is 1. The summed E-state index contributed by atoms with van der Waals surface area (Å²) in [5.74, 6) is -1.23. The van der Waals surface area contributed by atoms with Crippen molar-refractivity contribution in [2.75, 3.05) is 5.32 Å². The lowest BCUT2D eigenvalue weighted by Gasteiger charge is -2.05. The molecule has 4 aromatic rings. The van der Waals surface area contributed by atoms with Crippen LogP contribution in [0, 0.1) is 0 Å². The Balaban J connectivity index is 1.63. The molecule has 0 aliphatic carbocycles. The summed E-state index contributed by atoms with van der Waals surface area (Å²) in [5, 5.41) is 17.0. The maximum Gasteiger partial charge on any atom is 0.345 e. The molecule has 128 valence electrons. The first-order valence-corrected chi connectivity index (χ1v) is 8.55. The van der Waals surface area contributed by atoms with Gasteiger partial charge in [-0.1, -0.05) is 30.3 Å². The maximum atomic E-state index is 12.2. The molecule has 0 saturated heterocycles. The molecule has 0 amide bonds. The highest BCUT2D eigenvalue weighted by Crippen LogP contribution is 2.27. The van der Waals surface area contributed by atoms with Gasteiger partial charge in [0.15, 0.2) is 5.13 Å². The van der Waals surface area contributed by atoms with Crippen molar-refractivity contribution >= 4 is 39.1 Å². The van der Waals surface area contributed by atoms with Crippen LogP contribution in [0.3, 0.4) is 0 Å². The Morgan fingerprint density at radius 3 is 2.65 bits per heavy atom. The molecule has 7 heteroatoms. The second kappa shape index (κ2) is 6.45. The Bertz CT molecular complexity index is 1160. The Kier molecular flexibility index (Phi) is 3.98. The van der Waals surface area contributed by atoms with Gasteiger partial charge in [0.2, 0.25) is 0 Å². The lowest BCUT2D eigenvalue weighted by Crippen LogP contribution is -2.21. The van der Waals surface area contributed by atoms with Crippen molar-refractivity contribution in [3.05, 3.63) is 76.0 Å². The number of para-hydroxylation sites is 1. The monoisotopic (exact) mass is 363 g/mol. The van der Waals surface area contributed by atoms with Crippen LogP contribution in [0.1, 0.15) is 10.4 Å². The van der Waals surface area contributed by atoms with Crippen molar-refractivity contribution in [3.63, 3.8) is 0 Å². The van der Waals surface area contributed by atoms with Gasteiger partial charge in [0, 0.05) is 16.5 Å². The molecule has 4 rings (SSSR count). The van der Waals surface area contributed by atoms with Gasteiger partial charge in [-0.15, -0.1) is 11.3 Å². The first kappa shape index (κ1) is 16.0. The van der Waals surface area contributed by atoms with Crippen molar-refractivity contribution in [2.45, 2.75) is 0 Å². The second-order valence-corrected chi connectivity index (χ2v) is 6.37. The molecule has 1 N–H and O–H groups in total. The predicted molar refractivity (Wildman–Crippen MR) is 97.6 cm³/mol. The zero-order valence-corrected chi connectivity index (χ0v) is 14.1. The minimum Gasteiger partial charge on any atom is -0.545 e. The topological polar surface area (TPSA) is 95.3 Å². The van der Waals surface area contributed by atoms with Crippen LogP contribution in [-0.4, -0.2) is 11.0 Å². The highest BCUT2D eigenvalue weighted by molar-refractivity contribution is 7.14. The van der Waals surface area contributed by atoms with Gasteiger partial charge in [-0.2, -0.15) is 0 Å². The van der Waals surface area contributed by atoms with Gasteiger partial charge in [0.05, 0.1) is 17.2 Å². The summed E-state index contributed by atoms with van der Waals surface area (Å²) in [6.45, 7) is 0. The molecule has 0 atom stereocenters. The zero-order valence-electron chi connectivity index (χ0n) is 13.3. The third kappa shape index (κ3) is 3.07. The minimum atomic E-state index is -1.23. The standard InChI is InChI=1S/C19H12N2O4S/c22-17(23)11-5-7-13(8-6-11)20-19-21-15(10-26-19)14-9-12-3-1-2-4-16(12)25-18(14)24/h1-10H,(H,20,21)(H,22,23)/p-1. The van der Waals surface area contributed by atoms with E-state index in [2.05, 4.69) is 10.3 Å². The zero-order chi connectivity index (χ0) is 18.1. The number of hydrogen-bond donors (Lipinski definition) is 1. The largest absolute Gasteiger partial charge is 0.545 e. The summed E-state index contributed by atoms with van der Waals surface area (Å²) in [6, 6.07) is 15.2. The fraction of sp³-hybridized carbons (Fsp3) is 0. The molecule has 0 bridgehead atoms. The molecule has 2 aromatic carbocycles. The lowest BCUT2D eigenvalue weighted by atomic mass is 10.1. The van der Waals surface area contributed by atoms with Crippen molar-refractivity contribution in [2.24, 2.45) is 0 Å². The van der Waals surface area contributed by atoms with Crippen LogP contribution in [0.4, 0.5) is 10.8 Å². The minimum absolute atomic E-state index is 0.101. The van der Waals surface area contributed by atoms with Gasteiger partial charge in [-0.25, -0.2) is 9.78 Å². The van der Waals surface area contributed by atoms with Crippen LogP contribution >= 0.6 is 11.3 Å². The molecule has 0 unspecified atom stereocenters. The number of thiazole rings is 1. The van der Waals surface area contributed by atoms with Crippen LogP contribution in [0.15, 0.2) is 69.2 Å². The quantitative estimate of drug-likeness (QED) is 0.560. The normalized spacial score (nSPS) is 10.8. The highest BCUT2D eigenvalue weighted by atomic mass is 32.1. The van der Waals surface area contributed by atoms with Crippen LogP contribution in [0.25, 0.3) is 22.2 Å².